The van der Waals surface area contributed by atoms with Gasteiger partial charge in [0.25, 0.3) is 0 Å². The third kappa shape index (κ3) is 4.15. The fourth-order valence-corrected chi connectivity index (χ4v) is 3.58. The van der Waals surface area contributed by atoms with E-state index in [1.54, 1.807) is 14.2 Å². The topological polar surface area (TPSA) is 50.8 Å². The predicted octanol–water partition coefficient (Wildman–Crippen LogP) is 3.09. The molecule has 1 amide bonds. The van der Waals surface area contributed by atoms with Crippen molar-refractivity contribution in [1.82, 2.24) is 10.2 Å². The van der Waals surface area contributed by atoms with E-state index >= 15 is 0 Å². The molecule has 1 N–H and O–H groups in total. The van der Waals surface area contributed by atoms with Crippen molar-refractivity contribution < 1.29 is 14.3 Å². The molecule has 0 spiro atoms. The molecule has 0 bridgehead atoms. The number of nitrogens with one attached hydrogen (secondary N) is 1. The summed E-state index contributed by atoms with van der Waals surface area (Å²) in [5.74, 6) is 1.56. The monoisotopic (exact) mass is 346 g/mol. The van der Waals surface area contributed by atoms with Crippen molar-refractivity contribution in [2.45, 2.75) is 45.2 Å². The largest absolute Gasteiger partial charge is 0.493 e. The third-order valence-electron chi connectivity index (χ3n) is 4.88. The summed E-state index contributed by atoms with van der Waals surface area (Å²) in [6, 6.07) is 4.28. The van der Waals surface area contributed by atoms with Crippen molar-refractivity contribution in [1.29, 1.82) is 0 Å². The van der Waals surface area contributed by atoms with Crippen molar-refractivity contribution in [2.75, 3.05) is 27.3 Å². The molecule has 1 aromatic carbocycles. The Morgan fingerprint density at radius 2 is 2.04 bits per heavy atom. The molecule has 5 heteroatoms. The van der Waals surface area contributed by atoms with Gasteiger partial charge in [0.2, 0.25) is 5.91 Å². The van der Waals surface area contributed by atoms with Crippen LogP contribution in [0.3, 0.4) is 0 Å². The summed E-state index contributed by atoms with van der Waals surface area (Å²) >= 11 is 0. The number of nitrogens with zero attached hydrogens (tertiary/aromatic N) is 1. The zero-order valence-corrected chi connectivity index (χ0v) is 15.8. The molecule has 1 aromatic rings. The van der Waals surface area contributed by atoms with Crippen molar-refractivity contribution in [2.24, 2.45) is 0 Å². The maximum Gasteiger partial charge on any atom is 0.219 e. The molecule has 5 nitrogen and oxygen atoms in total. The number of benzene rings is 1. The van der Waals surface area contributed by atoms with Gasteiger partial charge in [-0.05, 0) is 36.1 Å². The van der Waals surface area contributed by atoms with Crippen molar-refractivity contribution in [3.63, 3.8) is 0 Å². The maximum absolute atomic E-state index is 12.0. The summed E-state index contributed by atoms with van der Waals surface area (Å²) in [7, 11) is 3.31. The molecule has 1 aliphatic heterocycles. The average molecular weight is 346 g/mol. The van der Waals surface area contributed by atoms with Gasteiger partial charge in [0.05, 0.1) is 20.3 Å². The van der Waals surface area contributed by atoms with Crippen LogP contribution in [0, 0.1) is 0 Å². The van der Waals surface area contributed by atoms with Crippen LogP contribution in [0.1, 0.15) is 43.9 Å². The molecule has 0 aromatic heterocycles. The maximum atomic E-state index is 12.0. The Kier molecular flexibility index (Phi) is 6.88. The van der Waals surface area contributed by atoms with Crippen LogP contribution in [-0.4, -0.2) is 44.2 Å². The second kappa shape index (κ2) is 8.90. The molecule has 0 aliphatic carbocycles. The van der Waals surface area contributed by atoms with Gasteiger partial charge in [0, 0.05) is 25.6 Å². The molecule has 2 rings (SSSR count). The smallest absolute Gasteiger partial charge is 0.219 e. The second-order valence-electron chi connectivity index (χ2n) is 6.32. The van der Waals surface area contributed by atoms with E-state index in [-0.39, 0.29) is 18.0 Å². The van der Waals surface area contributed by atoms with Crippen LogP contribution in [0.4, 0.5) is 0 Å². The Morgan fingerprint density at radius 3 is 2.60 bits per heavy atom. The second-order valence-corrected chi connectivity index (χ2v) is 6.32. The lowest BCUT2D eigenvalue weighted by Gasteiger charge is -2.41. The highest BCUT2D eigenvalue weighted by Gasteiger charge is 2.34. The fourth-order valence-electron chi connectivity index (χ4n) is 3.58. The fraction of sp³-hybridized carbons (Fsp3) is 0.550. The Hall–Kier alpha value is -2.01. The van der Waals surface area contributed by atoms with Crippen LogP contribution in [0.5, 0.6) is 11.5 Å². The van der Waals surface area contributed by atoms with Crippen molar-refractivity contribution >= 4 is 5.91 Å². The van der Waals surface area contributed by atoms with Gasteiger partial charge in [-0.25, -0.2) is 0 Å². The lowest BCUT2D eigenvalue weighted by Crippen LogP contribution is -2.48. The molecule has 1 aliphatic rings. The standard InChI is InChI=1S/C20H30N2O3/c1-6-10-22-11-9-14-12-17(24-4)18(25-5)13-15(14)20(22)16(7-2)21-19(23)8-3/h6,12-13,16,20H,1,7-11H2,2-5H3,(H,21,23). The minimum atomic E-state index is 0.0459. The number of hydrogen-bond donors (Lipinski definition) is 1. The molecule has 0 saturated carbocycles. The summed E-state index contributed by atoms with van der Waals surface area (Å²) in [6.45, 7) is 9.61. The van der Waals surface area contributed by atoms with Crippen LogP contribution >= 0.6 is 0 Å². The van der Waals surface area contributed by atoms with E-state index < -0.39 is 0 Å². The van der Waals surface area contributed by atoms with E-state index in [9.17, 15) is 4.79 Å². The Balaban J connectivity index is 2.49. The summed E-state index contributed by atoms with van der Waals surface area (Å²) in [4.78, 5) is 14.4. The lowest BCUT2D eigenvalue weighted by atomic mass is 9.86. The molecule has 2 unspecified atom stereocenters. The van der Waals surface area contributed by atoms with Crippen LogP contribution in [0.25, 0.3) is 0 Å². The van der Waals surface area contributed by atoms with Crippen LogP contribution in [-0.2, 0) is 11.2 Å². The normalized spacial score (nSPS) is 18.2. The highest BCUT2D eigenvalue weighted by Crippen LogP contribution is 2.40. The van der Waals surface area contributed by atoms with Crippen LogP contribution < -0.4 is 14.8 Å². The first-order valence-corrected chi connectivity index (χ1v) is 8.98. The first-order valence-electron chi connectivity index (χ1n) is 8.98. The van der Waals surface area contributed by atoms with Gasteiger partial charge in [-0.2, -0.15) is 0 Å². The zero-order valence-electron chi connectivity index (χ0n) is 15.8. The zero-order chi connectivity index (χ0) is 18.4. The van der Waals surface area contributed by atoms with Gasteiger partial charge >= 0.3 is 0 Å². The first-order chi connectivity index (χ1) is 12.1. The van der Waals surface area contributed by atoms with Crippen LogP contribution in [0.2, 0.25) is 0 Å². The number of carbonyl (C=O) groups excluding carboxylic acids is 1. The molecule has 0 radical (unpaired) electrons. The summed E-state index contributed by atoms with van der Waals surface area (Å²) in [5, 5.41) is 3.19. The van der Waals surface area contributed by atoms with Gasteiger partial charge in [-0.1, -0.05) is 19.9 Å². The molecular weight excluding hydrogens is 316 g/mol. The molecule has 25 heavy (non-hydrogen) atoms. The number of carbonyl (C=O) groups is 1. The van der Waals surface area contributed by atoms with Crippen LogP contribution in [0.15, 0.2) is 24.8 Å². The van der Waals surface area contributed by atoms with Gasteiger partial charge in [0.1, 0.15) is 0 Å². The molecule has 0 fully saturated rings. The summed E-state index contributed by atoms with van der Waals surface area (Å²) < 4.78 is 11.0. The SMILES string of the molecule is C=CCN1CCc2cc(OC)c(OC)cc2C1C(CC)NC(=O)CC. The number of rotatable bonds is 8. The van der Waals surface area contributed by atoms with Gasteiger partial charge in [-0.15, -0.1) is 6.58 Å². The molecule has 2 atom stereocenters. The van der Waals surface area contributed by atoms with E-state index in [1.807, 2.05) is 13.0 Å². The molecule has 138 valence electrons. The minimum Gasteiger partial charge on any atom is -0.493 e. The van der Waals surface area contributed by atoms with Gasteiger partial charge in [0.15, 0.2) is 11.5 Å². The first kappa shape index (κ1) is 19.3. The number of amides is 1. The minimum absolute atomic E-state index is 0.0459. The van der Waals surface area contributed by atoms with Gasteiger partial charge in [-0.3, -0.25) is 9.69 Å². The van der Waals surface area contributed by atoms with E-state index in [2.05, 4.69) is 35.9 Å². The number of fused-ring (bicyclic) bond motifs is 1. The lowest BCUT2D eigenvalue weighted by molar-refractivity contribution is -0.122. The Labute approximate surface area is 151 Å². The van der Waals surface area contributed by atoms with E-state index in [1.165, 1.54) is 11.1 Å². The van der Waals surface area contributed by atoms with Crippen molar-refractivity contribution in [3.05, 3.63) is 35.9 Å². The Bertz CT molecular complexity index is 615. The van der Waals surface area contributed by atoms with Gasteiger partial charge < -0.3 is 14.8 Å². The quantitative estimate of drug-likeness (QED) is 0.735. The van der Waals surface area contributed by atoms with E-state index in [0.717, 1.165) is 37.4 Å². The summed E-state index contributed by atoms with van der Waals surface area (Å²) in [5.41, 5.74) is 2.46. The predicted molar refractivity (Wildman–Crippen MR) is 100 cm³/mol. The summed E-state index contributed by atoms with van der Waals surface area (Å²) in [6.07, 6.45) is 4.21. The third-order valence-corrected chi connectivity index (χ3v) is 4.88. The molecular formula is C20H30N2O3. The number of hydrogen-bond acceptors (Lipinski definition) is 4. The molecule has 0 saturated heterocycles. The highest BCUT2D eigenvalue weighted by molar-refractivity contribution is 5.76. The van der Waals surface area contributed by atoms with E-state index in [4.69, 9.17) is 9.47 Å². The average Bonchev–Trinajstić information content (AvgIpc) is 2.65. The number of methoxy groups -OCH3 is 2. The Morgan fingerprint density at radius 1 is 1.36 bits per heavy atom. The molecule has 1 heterocycles. The van der Waals surface area contributed by atoms with Crippen molar-refractivity contribution in [3.8, 4) is 11.5 Å². The van der Waals surface area contributed by atoms with E-state index in [0.29, 0.717) is 6.42 Å². The number of ether oxygens (including phenoxy) is 2. The highest BCUT2D eigenvalue weighted by atomic mass is 16.5.